The summed E-state index contributed by atoms with van der Waals surface area (Å²) >= 11 is 0. The van der Waals surface area contributed by atoms with E-state index in [0.717, 1.165) is 31.6 Å². The first-order valence-corrected chi connectivity index (χ1v) is 8.20. The average Bonchev–Trinajstić information content (AvgIpc) is 2.99. The van der Waals surface area contributed by atoms with Crippen molar-refractivity contribution in [2.24, 2.45) is 11.8 Å². The summed E-state index contributed by atoms with van der Waals surface area (Å²) in [5, 5.41) is 7.07. The Labute approximate surface area is 130 Å². The van der Waals surface area contributed by atoms with Gasteiger partial charge in [-0.05, 0) is 56.0 Å². The van der Waals surface area contributed by atoms with Gasteiger partial charge in [-0.3, -0.25) is 4.79 Å². The lowest BCUT2D eigenvalue weighted by atomic mass is 9.76. The van der Waals surface area contributed by atoms with Gasteiger partial charge in [0.05, 0.1) is 6.17 Å². The van der Waals surface area contributed by atoms with Gasteiger partial charge >= 0.3 is 0 Å². The van der Waals surface area contributed by atoms with Crippen LogP contribution in [0.1, 0.15) is 24.8 Å². The predicted octanol–water partition coefficient (Wildman–Crippen LogP) is 1.78. The second kappa shape index (κ2) is 5.32. The minimum atomic E-state index is -0.213. The van der Waals surface area contributed by atoms with Crippen molar-refractivity contribution in [2.75, 3.05) is 18.0 Å². The Morgan fingerprint density at radius 1 is 1.27 bits per heavy atom. The number of hydrogen-bond donors (Lipinski definition) is 2. The fraction of sp³-hybridized carbons (Fsp3) is 0.588. The molecule has 0 bridgehead atoms. The molecule has 2 N–H and O–H groups in total. The number of rotatable bonds is 1. The van der Waals surface area contributed by atoms with Crippen molar-refractivity contribution in [3.8, 4) is 0 Å². The van der Waals surface area contributed by atoms with Gasteiger partial charge in [-0.2, -0.15) is 0 Å². The second-order valence-corrected chi connectivity index (χ2v) is 6.78. The topological polar surface area (TPSA) is 44.4 Å². The lowest BCUT2D eigenvalue weighted by Gasteiger charge is -2.49. The fourth-order valence-electron chi connectivity index (χ4n) is 4.43. The highest BCUT2D eigenvalue weighted by atomic mass is 19.1. The molecule has 0 spiro atoms. The van der Waals surface area contributed by atoms with Crippen molar-refractivity contribution in [3.05, 3.63) is 29.6 Å². The zero-order valence-electron chi connectivity index (χ0n) is 12.8. The Morgan fingerprint density at radius 3 is 2.95 bits per heavy atom. The molecule has 3 saturated heterocycles. The van der Waals surface area contributed by atoms with E-state index in [9.17, 15) is 9.18 Å². The molecule has 0 radical (unpaired) electrons. The molecular weight excluding hydrogens is 281 g/mol. The summed E-state index contributed by atoms with van der Waals surface area (Å²) < 4.78 is 13.6. The van der Waals surface area contributed by atoms with Crippen LogP contribution in [-0.2, 0) is 4.79 Å². The van der Waals surface area contributed by atoms with Gasteiger partial charge in [-0.25, -0.2) is 4.39 Å². The first-order chi connectivity index (χ1) is 10.6. The van der Waals surface area contributed by atoms with Gasteiger partial charge in [0, 0.05) is 30.6 Å². The molecule has 3 fully saturated rings. The van der Waals surface area contributed by atoms with Crippen molar-refractivity contribution in [2.45, 2.75) is 38.4 Å². The number of carbonyl (C=O) groups is 1. The molecule has 4 nitrogen and oxygen atoms in total. The smallest absolute Gasteiger partial charge is 0.227 e. The molecule has 3 aliphatic rings. The summed E-state index contributed by atoms with van der Waals surface area (Å²) in [7, 11) is 0. The van der Waals surface area contributed by atoms with E-state index < -0.39 is 0 Å². The molecule has 1 amide bonds. The SMILES string of the molecule is Cc1cc(N2C(=O)CCC3CNC4NCCC4C32)ccc1F. The third-order valence-corrected chi connectivity index (χ3v) is 5.51. The lowest BCUT2D eigenvalue weighted by Crippen LogP contribution is -2.64. The van der Waals surface area contributed by atoms with Crippen LogP contribution in [-0.4, -0.2) is 31.2 Å². The number of piperidine rings is 2. The number of benzene rings is 1. The van der Waals surface area contributed by atoms with E-state index >= 15 is 0 Å². The molecule has 118 valence electrons. The number of anilines is 1. The molecule has 0 aromatic heterocycles. The van der Waals surface area contributed by atoms with Gasteiger partial charge in [0.15, 0.2) is 0 Å². The van der Waals surface area contributed by atoms with Crippen LogP contribution in [0.5, 0.6) is 0 Å². The maximum atomic E-state index is 13.6. The molecule has 1 aromatic carbocycles. The molecule has 4 atom stereocenters. The number of amides is 1. The van der Waals surface area contributed by atoms with Crippen LogP contribution in [0.25, 0.3) is 0 Å². The Balaban J connectivity index is 1.73. The van der Waals surface area contributed by atoms with Gasteiger partial charge in [-0.15, -0.1) is 0 Å². The van der Waals surface area contributed by atoms with E-state index in [1.807, 2.05) is 11.0 Å². The van der Waals surface area contributed by atoms with E-state index in [1.54, 1.807) is 13.0 Å². The highest BCUT2D eigenvalue weighted by Gasteiger charge is 2.48. The highest BCUT2D eigenvalue weighted by Crippen LogP contribution is 2.39. The Bertz CT molecular complexity index is 606. The number of fused-ring (bicyclic) bond motifs is 3. The largest absolute Gasteiger partial charge is 0.309 e. The molecule has 0 saturated carbocycles. The number of nitrogens with zero attached hydrogens (tertiary/aromatic N) is 1. The Kier molecular flexibility index (Phi) is 3.42. The van der Waals surface area contributed by atoms with Crippen molar-refractivity contribution < 1.29 is 9.18 Å². The molecule has 0 aliphatic carbocycles. The number of aryl methyl sites for hydroxylation is 1. The van der Waals surface area contributed by atoms with Crippen molar-refractivity contribution >= 4 is 11.6 Å². The third-order valence-electron chi connectivity index (χ3n) is 5.51. The van der Waals surface area contributed by atoms with Crippen molar-refractivity contribution in [1.29, 1.82) is 0 Å². The summed E-state index contributed by atoms with van der Waals surface area (Å²) in [6.45, 7) is 3.70. The third kappa shape index (κ3) is 2.15. The quantitative estimate of drug-likeness (QED) is 0.831. The molecule has 3 heterocycles. The van der Waals surface area contributed by atoms with Gasteiger partial charge in [-0.1, -0.05) is 0 Å². The monoisotopic (exact) mass is 303 g/mol. The summed E-state index contributed by atoms with van der Waals surface area (Å²) in [4.78, 5) is 14.6. The van der Waals surface area contributed by atoms with Crippen molar-refractivity contribution in [1.82, 2.24) is 10.6 Å². The minimum absolute atomic E-state index is 0.180. The number of carbonyl (C=O) groups excluding carboxylic acids is 1. The second-order valence-electron chi connectivity index (χ2n) is 6.78. The van der Waals surface area contributed by atoms with Gasteiger partial charge in [0.1, 0.15) is 5.82 Å². The fourth-order valence-corrected chi connectivity index (χ4v) is 4.43. The zero-order chi connectivity index (χ0) is 15.3. The average molecular weight is 303 g/mol. The maximum absolute atomic E-state index is 13.6. The van der Waals surface area contributed by atoms with E-state index in [0.29, 0.717) is 30.0 Å². The molecule has 4 unspecified atom stereocenters. The van der Waals surface area contributed by atoms with E-state index in [1.165, 1.54) is 6.07 Å². The van der Waals surface area contributed by atoms with Crippen molar-refractivity contribution in [3.63, 3.8) is 0 Å². The Hall–Kier alpha value is -1.46. The number of nitrogens with one attached hydrogen (secondary N) is 2. The normalized spacial score (nSPS) is 34.5. The van der Waals surface area contributed by atoms with Gasteiger partial charge in [0.2, 0.25) is 5.91 Å². The van der Waals surface area contributed by atoms with Crippen LogP contribution in [0.3, 0.4) is 0 Å². The van der Waals surface area contributed by atoms with E-state index in [-0.39, 0.29) is 17.8 Å². The minimum Gasteiger partial charge on any atom is -0.309 e. The van der Waals surface area contributed by atoms with E-state index in [4.69, 9.17) is 0 Å². The Morgan fingerprint density at radius 2 is 2.14 bits per heavy atom. The molecule has 3 aliphatic heterocycles. The first kappa shape index (κ1) is 14.2. The molecule has 1 aromatic rings. The molecule has 5 heteroatoms. The lowest BCUT2D eigenvalue weighted by molar-refractivity contribution is -0.122. The van der Waals surface area contributed by atoms with Crippen LogP contribution in [0.15, 0.2) is 18.2 Å². The van der Waals surface area contributed by atoms with Gasteiger partial charge in [0.25, 0.3) is 0 Å². The van der Waals surface area contributed by atoms with Crippen LogP contribution < -0.4 is 15.5 Å². The summed E-state index contributed by atoms with van der Waals surface area (Å²) in [6, 6.07) is 5.27. The van der Waals surface area contributed by atoms with E-state index in [2.05, 4.69) is 10.6 Å². The number of halogens is 1. The van der Waals surface area contributed by atoms with Crippen LogP contribution in [0.4, 0.5) is 10.1 Å². The standard InChI is InChI=1S/C17H22FN3O/c1-10-8-12(3-4-14(10)18)21-15(22)5-2-11-9-20-17-13(16(11)21)6-7-19-17/h3-4,8,11,13,16-17,19-20H,2,5-7,9H2,1H3. The molecular formula is C17H22FN3O. The summed E-state index contributed by atoms with van der Waals surface area (Å²) in [5.41, 5.74) is 1.45. The molecule has 22 heavy (non-hydrogen) atoms. The highest BCUT2D eigenvalue weighted by molar-refractivity contribution is 5.95. The predicted molar refractivity (Wildman–Crippen MR) is 83.0 cm³/mol. The zero-order valence-corrected chi connectivity index (χ0v) is 12.8. The van der Waals surface area contributed by atoms with Crippen LogP contribution in [0, 0.1) is 24.6 Å². The molecule has 4 rings (SSSR count). The van der Waals surface area contributed by atoms with Crippen LogP contribution in [0.2, 0.25) is 0 Å². The van der Waals surface area contributed by atoms with Crippen LogP contribution >= 0.6 is 0 Å². The maximum Gasteiger partial charge on any atom is 0.227 e. The number of hydrogen-bond acceptors (Lipinski definition) is 3. The first-order valence-electron chi connectivity index (χ1n) is 8.20. The van der Waals surface area contributed by atoms with Gasteiger partial charge < -0.3 is 15.5 Å². The summed E-state index contributed by atoms with van der Waals surface area (Å²) in [6.07, 6.45) is 2.93. The summed E-state index contributed by atoms with van der Waals surface area (Å²) in [5.74, 6) is 0.896.